The molecule has 0 bridgehead atoms. The lowest BCUT2D eigenvalue weighted by Crippen LogP contribution is -2.30. The molecule has 128 valence electrons. The number of carbonyl (C=O) groups excluding carboxylic acids is 1. The van der Waals surface area contributed by atoms with Crippen molar-refractivity contribution in [1.82, 2.24) is 9.88 Å². The Bertz CT molecular complexity index is 941. The largest absolute Gasteiger partial charge is 0.459 e. The summed E-state index contributed by atoms with van der Waals surface area (Å²) in [6, 6.07) is 12.3. The number of thiazole rings is 1. The van der Waals surface area contributed by atoms with E-state index in [1.54, 1.807) is 0 Å². The third-order valence-electron chi connectivity index (χ3n) is 4.83. The van der Waals surface area contributed by atoms with Crippen LogP contribution in [0.3, 0.4) is 0 Å². The lowest BCUT2D eigenvalue weighted by Gasteiger charge is -2.25. The number of hydrogen-bond acceptors (Lipinski definition) is 4. The molecule has 5 heteroatoms. The Hall–Kier alpha value is -2.40. The van der Waals surface area contributed by atoms with Crippen LogP contribution in [0.25, 0.3) is 10.8 Å². The Morgan fingerprint density at radius 3 is 2.80 bits per heavy atom. The Labute approximate surface area is 151 Å². The average molecular weight is 352 g/mol. The van der Waals surface area contributed by atoms with Gasteiger partial charge in [-0.2, -0.15) is 0 Å². The van der Waals surface area contributed by atoms with Gasteiger partial charge in [0, 0.05) is 7.05 Å². The predicted molar refractivity (Wildman–Crippen MR) is 98.9 cm³/mol. The van der Waals surface area contributed by atoms with Crippen LogP contribution in [0, 0.1) is 13.8 Å². The van der Waals surface area contributed by atoms with Crippen molar-refractivity contribution >= 4 is 17.2 Å². The molecule has 2 heterocycles. The summed E-state index contributed by atoms with van der Waals surface area (Å²) in [5, 5.41) is 0.758. The number of aromatic nitrogens is 1. The first-order chi connectivity index (χ1) is 12.0. The molecule has 1 atom stereocenters. The monoisotopic (exact) mass is 352 g/mol. The molecule has 0 fully saturated rings. The SMILES string of the molecule is Cc1ccc(-c2nc(C)c(C(=O)N(C)C3CCc4ccccc43)s2)o1. The smallest absolute Gasteiger partial charge is 0.266 e. The highest BCUT2D eigenvalue weighted by atomic mass is 32.1. The topological polar surface area (TPSA) is 46.3 Å². The summed E-state index contributed by atoms with van der Waals surface area (Å²) in [6.07, 6.45) is 2.00. The molecule has 0 saturated carbocycles. The van der Waals surface area contributed by atoms with Crippen molar-refractivity contribution < 1.29 is 9.21 Å². The van der Waals surface area contributed by atoms with Gasteiger partial charge in [-0.15, -0.1) is 11.3 Å². The van der Waals surface area contributed by atoms with E-state index in [1.807, 2.05) is 44.0 Å². The van der Waals surface area contributed by atoms with Crippen LogP contribution in [0.15, 0.2) is 40.8 Å². The van der Waals surface area contributed by atoms with Crippen LogP contribution < -0.4 is 0 Å². The van der Waals surface area contributed by atoms with Gasteiger partial charge in [0.15, 0.2) is 10.8 Å². The van der Waals surface area contributed by atoms with E-state index in [2.05, 4.69) is 23.2 Å². The first kappa shape index (κ1) is 16.1. The molecule has 1 unspecified atom stereocenters. The Balaban J connectivity index is 1.62. The van der Waals surface area contributed by atoms with E-state index in [0.29, 0.717) is 4.88 Å². The summed E-state index contributed by atoms with van der Waals surface area (Å²) < 4.78 is 5.65. The molecule has 0 aliphatic heterocycles. The molecule has 4 rings (SSSR count). The normalized spacial score (nSPS) is 16.0. The zero-order chi connectivity index (χ0) is 17.6. The third-order valence-corrected chi connectivity index (χ3v) is 5.99. The van der Waals surface area contributed by atoms with Crippen LogP contribution >= 0.6 is 11.3 Å². The first-order valence-corrected chi connectivity index (χ1v) is 9.25. The molecule has 25 heavy (non-hydrogen) atoms. The fourth-order valence-corrected chi connectivity index (χ4v) is 4.50. The van der Waals surface area contributed by atoms with Gasteiger partial charge in [0.1, 0.15) is 10.6 Å². The van der Waals surface area contributed by atoms with Crippen molar-refractivity contribution in [2.24, 2.45) is 0 Å². The van der Waals surface area contributed by atoms with Crippen LogP contribution in [0.1, 0.15) is 44.7 Å². The zero-order valence-corrected chi connectivity index (χ0v) is 15.4. The fourth-order valence-electron chi connectivity index (χ4n) is 3.49. The lowest BCUT2D eigenvalue weighted by atomic mass is 10.1. The van der Waals surface area contributed by atoms with Crippen LogP contribution in [-0.2, 0) is 6.42 Å². The molecule has 1 amide bonds. The number of fused-ring (bicyclic) bond motifs is 1. The molecule has 0 saturated heterocycles. The van der Waals surface area contributed by atoms with E-state index in [0.717, 1.165) is 35.1 Å². The highest BCUT2D eigenvalue weighted by molar-refractivity contribution is 7.17. The molecule has 0 radical (unpaired) electrons. The summed E-state index contributed by atoms with van der Waals surface area (Å²) >= 11 is 1.41. The maximum Gasteiger partial charge on any atom is 0.266 e. The van der Waals surface area contributed by atoms with Gasteiger partial charge in [-0.05, 0) is 49.9 Å². The van der Waals surface area contributed by atoms with Crippen LogP contribution in [-0.4, -0.2) is 22.8 Å². The van der Waals surface area contributed by atoms with Crippen molar-refractivity contribution in [3.63, 3.8) is 0 Å². The van der Waals surface area contributed by atoms with Gasteiger partial charge in [0.2, 0.25) is 0 Å². The van der Waals surface area contributed by atoms with Crippen molar-refractivity contribution in [1.29, 1.82) is 0 Å². The molecule has 2 aromatic heterocycles. The minimum Gasteiger partial charge on any atom is -0.459 e. The fraction of sp³-hybridized carbons (Fsp3) is 0.300. The second kappa shape index (κ2) is 6.15. The number of carbonyl (C=O) groups is 1. The maximum atomic E-state index is 13.1. The molecule has 0 N–H and O–H groups in total. The van der Waals surface area contributed by atoms with Crippen molar-refractivity contribution in [3.8, 4) is 10.8 Å². The minimum absolute atomic E-state index is 0.0335. The van der Waals surface area contributed by atoms with Gasteiger partial charge in [-0.25, -0.2) is 4.98 Å². The number of nitrogens with zero attached hydrogens (tertiary/aromatic N) is 2. The molecule has 3 aromatic rings. The number of amides is 1. The summed E-state index contributed by atoms with van der Waals surface area (Å²) in [6.45, 7) is 3.79. The van der Waals surface area contributed by atoms with E-state index >= 15 is 0 Å². The Morgan fingerprint density at radius 2 is 2.04 bits per heavy atom. The molecular formula is C20H20N2O2S. The van der Waals surface area contributed by atoms with E-state index < -0.39 is 0 Å². The van der Waals surface area contributed by atoms with Gasteiger partial charge in [0.05, 0.1) is 11.7 Å². The highest BCUT2D eigenvalue weighted by Crippen LogP contribution is 2.37. The molecule has 1 aromatic carbocycles. The lowest BCUT2D eigenvalue weighted by molar-refractivity contribution is 0.0734. The van der Waals surface area contributed by atoms with Crippen LogP contribution in [0.2, 0.25) is 0 Å². The highest BCUT2D eigenvalue weighted by Gasteiger charge is 2.30. The van der Waals surface area contributed by atoms with E-state index in [-0.39, 0.29) is 11.9 Å². The van der Waals surface area contributed by atoms with Crippen molar-refractivity contribution in [2.75, 3.05) is 7.05 Å². The molecule has 4 nitrogen and oxygen atoms in total. The molecule has 1 aliphatic carbocycles. The first-order valence-electron chi connectivity index (χ1n) is 8.44. The summed E-state index contributed by atoms with van der Waals surface area (Å²) in [5.74, 6) is 1.60. The maximum absolute atomic E-state index is 13.1. The van der Waals surface area contributed by atoms with Crippen LogP contribution in [0.5, 0.6) is 0 Å². The van der Waals surface area contributed by atoms with E-state index in [1.165, 1.54) is 22.5 Å². The van der Waals surface area contributed by atoms with Crippen LogP contribution in [0.4, 0.5) is 0 Å². The molecule has 0 spiro atoms. The second-order valence-corrected chi connectivity index (χ2v) is 7.51. The van der Waals surface area contributed by atoms with Crippen molar-refractivity contribution in [2.45, 2.75) is 32.7 Å². The summed E-state index contributed by atoms with van der Waals surface area (Å²) in [5.41, 5.74) is 3.37. The van der Waals surface area contributed by atoms with Gasteiger partial charge in [0.25, 0.3) is 5.91 Å². The average Bonchev–Trinajstić information content (AvgIpc) is 3.31. The molecule has 1 aliphatic rings. The number of aryl methyl sites for hydroxylation is 3. The number of benzene rings is 1. The number of hydrogen-bond donors (Lipinski definition) is 0. The standard InChI is InChI=1S/C20H20N2O2S/c1-12-8-11-17(24-12)19-21-13(2)18(25-19)20(23)22(3)16-10-9-14-6-4-5-7-15(14)16/h4-8,11,16H,9-10H2,1-3H3. The zero-order valence-electron chi connectivity index (χ0n) is 14.6. The summed E-state index contributed by atoms with van der Waals surface area (Å²) in [4.78, 5) is 20.2. The minimum atomic E-state index is 0.0335. The van der Waals surface area contributed by atoms with Gasteiger partial charge >= 0.3 is 0 Å². The van der Waals surface area contributed by atoms with Gasteiger partial charge < -0.3 is 9.32 Å². The second-order valence-electron chi connectivity index (χ2n) is 6.51. The quantitative estimate of drug-likeness (QED) is 0.681. The Kier molecular flexibility index (Phi) is 3.96. The summed E-state index contributed by atoms with van der Waals surface area (Å²) in [7, 11) is 1.89. The number of furan rings is 1. The number of rotatable bonds is 3. The van der Waals surface area contributed by atoms with E-state index in [9.17, 15) is 4.79 Å². The van der Waals surface area contributed by atoms with Gasteiger partial charge in [-0.3, -0.25) is 4.79 Å². The predicted octanol–water partition coefficient (Wildman–Crippen LogP) is 4.78. The third kappa shape index (κ3) is 2.78. The van der Waals surface area contributed by atoms with Gasteiger partial charge in [-0.1, -0.05) is 24.3 Å². The molecular weight excluding hydrogens is 332 g/mol. The van der Waals surface area contributed by atoms with E-state index in [4.69, 9.17) is 4.42 Å². The Morgan fingerprint density at radius 1 is 1.24 bits per heavy atom. The van der Waals surface area contributed by atoms with Crippen molar-refractivity contribution in [3.05, 3.63) is 63.9 Å².